The number of nitrogens with two attached hydrogens (primary N) is 1. The van der Waals surface area contributed by atoms with E-state index >= 15 is 0 Å². The first-order valence-corrected chi connectivity index (χ1v) is 15.4. The Kier molecular flexibility index (Phi) is 9.44. The Hall–Kier alpha value is -2.87. The van der Waals surface area contributed by atoms with E-state index in [4.69, 9.17) is 10.5 Å². The number of carbonyl (C=O) groups excluding carboxylic acids is 4. The second-order valence-corrected chi connectivity index (χ2v) is 13.9. The largest absolute Gasteiger partial charge is 0.455 e. The lowest BCUT2D eigenvalue weighted by Gasteiger charge is -2.50. The average Bonchev–Trinajstić information content (AvgIpc) is 3.23. The molecule has 1 saturated heterocycles. The van der Waals surface area contributed by atoms with E-state index in [2.05, 4.69) is 20.8 Å². The molecule has 1 aromatic rings. The highest BCUT2D eigenvalue weighted by Gasteiger charge is 2.55. The number of primary amides is 1. The number of nitrogens with one attached hydrogen (secondary N) is 1. The van der Waals surface area contributed by atoms with Crippen LogP contribution in [0, 0.1) is 0 Å². The van der Waals surface area contributed by atoms with E-state index in [0.717, 1.165) is 28.4 Å². The van der Waals surface area contributed by atoms with Crippen molar-refractivity contribution in [2.45, 2.75) is 62.1 Å². The summed E-state index contributed by atoms with van der Waals surface area (Å²) < 4.78 is 67.7. The standard InChI is InChI=1S/C20H26F3N7O7S3/c1-19(2,3)37-17(34)14-10(7-39-18-26-27-28-29(18)5-4-11(24)31)6-38-16-13(15(33)30(14)16)25-12(32)8-40(35,36)9-20(21,22)23/h13,16H,4-9H2,1-3H3,(H2,24,31)(H,25,32)/t13?,16-/m1/s1. The number of hydrogen-bond acceptors (Lipinski definition) is 12. The molecule has 3 heterocycles. The summed E-state index contributed by atoms with van der Waals surface area (Å²) >= 11 is 2.29. The number of carbonyl (C=O) groups is 4. The summed E-state index contributed by atoms with van der Waals surface area (Å²) in [5.41, 5.74) is 4.66. The van der Waals surface area contributed by atoms with Crippen molar-refractivity contribution in [2.24, 2.45) is 5.73 Å². The first-order valence-electron chi connectivity index (χ1n) is 11.5. The number of nitrogens with zero attached hydrogens (tertiary/aromatic N) is 5. The molecule has 0 aliphatic carbocycles. The molecule has 1 fully saturated rings. The number of alkyl halides is 3. The minimum absolute atomic E-state index is 0.00508. The number of tetrazole rings is 1. The smallest absolute Gasteiger partial charge is 0.402 e. The van der Waals surface area contributed by atoms with Crippen molar-refractivity contribution in [2.75, 3.05) is 23.0 Å². The van der Waals surface area contributed by atoms with Crippen LogP contribution >= 0.6 is 23.5 Å². The van der Waals surface area contributed by atoms with E-state index in [1.165, 1.54) is 4.68 Å². The van der Waals surface area contributed by atoms with Crippen molar-refractivity contribution < 1.29 is 45.5 Å². The molecule has 3 N–H and O–H groups in total. The number of rotatable bonds is 11. The maximum absolute atomic E-state index is 13.2. The lowest BCUT2D eigenvalue weighted by molar-refractivity contribution is -0.158. The second kappa shape index (κ2) is 11.9. The molecular weight excluding hydrogens is 603 g/mol. The van der Waals surface area contributed by atoms with Crippen molar-refractivity contribution in [3.8, 4) is 0 Å². The number of fused-ring (bicyclic) bond motifs is 1. The number of aromatic nitrogens is 4. The number of ether oxygens (including phenoxy) is 1. The highest BCUT2D eigenvalue weighted by Crippen LogP contribution is 2.42. The maximum Gasteiger partial charge on any atom is 0.402 e. The molecular formula is C20H26F3N7O7S3. The van der Waals surface area contributed by atoms with Crippen LogP contribution in [0.4, 0.5) is 13.2 Å². The average molecular weight is 630 g/mol. The van der Waals surface area contributed by atoms with Crippen LogP contribution in [-0.2, 0) is 40.3 Å². The number of hydrogen-bond donors (Lipinski definition) is 2. The minimum atomic E-state index is -5.02. The van der Waals surface area contributed by atoms with Gasteiger partial charge in [0.05, 0.1) is 6.54 Å². The van der Waals surface area contributed by atoms with E-state index < -0.39 is 68.2 Å². The first-order chi connectivity index (χ1) is 18.4. The molecule has 3 amide bonds. The number of amides is 3. The molecule has 2 atom stereocenters. The summed E-state index contributed by atoms with van der Waals surface area (Å²) in [6, 6.07) is -1.26. The third kappa shape index (κ3) is 8.32. The molecule has 40 heavy (non-hydrogen) atoms. The quantitative estimate of drug-likeness (QED) is 0.183. The molecule has 1 unspecified atom stereocenters. The van der Waals surface area contributed by atoms with Gasteiger partial charge in [-0.25, -0.2) is 17.9 Å². The van der Waals surface area contributed by atoms with Gasteiger partial charge in [-0.1, -0.05) is 11.8 Å². The Labute approximate surface area is 234 Å². The maximum atomic E-state index is 13.2. The van der Waals surface area contributed by atoms with Gasteiger partial charge in [0.1, 0.15) is 34.2 Å². The lowest BCUT2D eigenvalue weighted by Crippen LogP contribution is -2.71. The van der Waals surface area contributed by atoms with Gasteiger partial charge in [0.2, 0.25) is 17.0 Å². The fourth-order valence-corrected chi connectivity index (χ4v) is 7.10. The Morgan fingerprint density at radius 2 is 1.93 bits per heavy atom. The van der Waals surface area contributed by atoms with E-state index in [1.807, 2.05) is 0 Å². The van der Waals surface area contributed by atoms with Crippen LogP contribution in [0.15, 0.2) is 16.4 Å². The SMILES string of the molecule is CC(C)(C)OC(=O)C1=C(CSc2nnnn2CCC(N)=O)CS[C@@H]2C(NC(=O)CS(=O)(=O)CC(F)(F)F)C(=O)N12. The number of β-lactam (4-membered cyclic amide) rings is 1. The molecule has 0 bridgehead atoms. The summed E-state index contributed by atoms with van der Waals surface area (Å²) in [5.74, 6) is -6.68. The Morgan fingerprint density at radius 3 is 2.52 bits per heavy atom. The van der Waals surface area contributed by atoms with Crippen LogP contribution in [0.5, 0.6) is 0 Å². The topological polar surface area (TPSA) is 197 Å². The highest BCUT2D eigenvalue weighted by atomic mass is 32.2. The number of thioether (sulfide) groups is 2. The summed E-state index contributed by atoms with van der Waals surface area (Å²) in [6.07, 6.45) is -5.02. The summed E-state index contributed by atoms with van der Waals surface area (Å²) in [6.45, 7) is 5.02. The highest BCUT2D eigenvalue weighted by molar-refractivity contribution is 8.01. The van der Waals surface area contributed by atoms with Crippen LogP contribution in [0.3, 0.4) is 0 Å². The van der Waals surface area contributed by atoms with Crippen molar-refractivity contribution in [3.05, 3.63) is 11.3 Å². The molecule has 222 valence electrons. The van der Waals surface area contributed by atoms with Crippen LogP contribution in [-0.4, -0.2) is 103 Å². The molecule has 1 aromatic heterocycles. The molecule has 3 rings (SSSR count). The van der Waals surface area contributed by atoms with Crippen LogP contribution in [0.25, 0.3) is 0 Å². The molecule has 2 aliphatic heterocycles. The van der Waals surface area contributed by atoms with E-state index in [-0.39, 0.29) is 30.2 Å². The predicted octanol–water partition coefficient (Wildman–Crippen LogP) is -0.387. The van der Waals surface area contributed by atoms with Crippen LogP contribution < -0.4 is 11.1 Å². The van der Waals surface area contributed by atoms with Gasteiger partial charge >= 0.3 is 12.1 Å². The number of esters is 1. The van der Waals surface area contributed by atoms with Gasteiger partial charge in [0.25, 0.3) is 5.91 Å². The van der Waals surface area contributed by atoms with Gasteiger partial charge in [0, 0.05) is 17.9 Å². The molecule has 20 heteroatoms. The van der Waals surface area contributed by atoms with Crippen molar-refractivity contribution >= 4 is 57.1 Å². The fraction of sp³-hybridized carbons (Fsp3) is 0.650. The van der Waals surface area contributed by atoms with Gasteiger partial charge in [-0.2, -0.15) is 13.2 Å². The van der Waals surface area contributed by atoms with E-state index in [1.54, 1.807) is 20.8 Å². The number of aryl methyl sites for hydroxylation is 1. The Balaban J connectivity index is 1.77. The lowest BCUT2D eigenvalue weighted by atomic mass is 10.0. The molecule has 0 spiro atoms. The summed E-state index contributed by atoms with van der Waals surface area (Å²) in [4.78, 5) is 50.6. The zero-order chi connectivity index (χ0) is 30.0. The van der Waals surface area contributed by atoms with Crippen LogP contribution in [0.1, 0.15) is 27.2 Å². The van der Waals surface area contributed by atoms with E-state index in [0.29, 0.717) is 10.7 Å². The summed E-state index contributed by atoms with van der Waals surface area (Å²) in [7, 11) is -4.81. The normalized spacial score (nSPS) is 19.6. The molecule has 0 saturated carbocycles. The van der Waals surface area contributed by atoms with E-state index in [9.17, 15) is 40.8 Å². The van der Waals surface area contributed by atoms with Crippen molar-refractivity contribution in [1.29, 1.82) is 0 Å². The molecule has 0 radical (unpaired) electrons. The minimum Gasteiger partial charge on any atom is -0.455 e. The number of sulfone groups is 1. The van der Waals surface area contributed by atoms with Gasteiger partial charge in [-0.3, -0.25) is 19.3 Å². The van der Waals surface area contributed by atoms with Gasteiger partial charge in [-0.15, -0.1) is 16.9 Å². The third-order valence-electron chi connectivity index (χ3n) is 5.14. The van der Waals surface area contributed by atoms with Crippen molar-refractivity contribution in [3.63, 3.8) is 0 Å². The number of halogens is 3. The van der Waals surface area contributed by atoms with Crippen molar-refractivity contribution in [1.82, 2.24) is 30.4 Å². The van der Waals surface area contributed by atoms with Gasteiger partial charge in [0.15, 0.2) is 9.84 Å². The third-order valence-corrected chi connectivity index (χ3v) is 8.99. The fourth-order valence-electron chi connectivity index (χ4n) is 3.63. The predicted molar refractivity (Wildman–Crippen MR) is 135 cm³/mol. The zero-order valence-electron chi connectivity index (χ0n) is 21.4. The zero-order valence-corrected chi connectivity index (χ0v) is 23.9. The van der Waals surface area contributed by atoms with Gasteiger partial charge in [-0.05, 0) is 36.8 Å². The Bertz CT molecular complexity index is 1330. The monoisotopic (exact) mass is 629 g/mol. The molecule has 14 nitrogen and oxygen atoms in total. The molecule has 2 aliphatic rings. The first kappa shape index (κ1) is 31.7. The summed E-state index contributed by atoms with van der Waals surface area (Å²) in [5, 5.41) is 12.9. The second-order valence-electron chi connectivity index (χ2n) is 9.75. The van der Waals surface area contributed by atoms with Crippen LogP contribution in [0.2, 0.25) is 0 Å². The Morgan fingerprint density at radius 1 is 1.25 bits per heavy atom. The van der Waals surface area contributed by atoms with Gasteiger partial charge < -0.3 is 15.8 Å². The molecule has 0 aromatic carbocycles.